The third-order valence-corrected chi connectivity index (χ3v) is 2.95. The standard InChI is InChI=1S/C12H16N2O3/c13-11-9(12(16)17)2-1-3-10(11)14(6-7-15)8-4-5-8/h1-3,8,15H,4-7,13H2,(H,16,17). The number of benzene rings is 1. The van der Waals surface area contributed by atoms with Crippen LogP contribution in [-0.4, -0.2) is 35.4 Å². The largest absolute Gasteiger partial charge is 0.478 e. The molecule has 0 unspecified atom stereocenters. The molecule has 1 aromatic rings. The second-order valence-corrected chi connectivity index (χ2v) is 4.19. The van der Waals surface area contributed by atoms with Crippen LogP contribution in [0.2, 0.25) is 0 Å². The van der Waals surface area contributed by atoms with E-state index < -0.39 is 5.97 Å². The highest BCUT2D eigenvalue weighted by Gasteiger charge is 2.30. The molecule has 1 fully saturated rings. The number of aliphatic hydroxyl groups excluding tert-OH is 1. The van der Waals surface area contributed by atoms with E-state index in [0.29, 0.717) is 18.3 Å². The summed E-state index contributed by atoms with van der Waals surface area (Å²) in [6.07, 6.45) is 2.13. The van der Waals surface area contributed by atoms with E-state index in [9.17, 15) is 4.79 Å². The van der Waals surface area contributed by atoms with Crippen LogP contribution in [0, 0.1) is 0 Å². The molecule has 0 saturated heterocycles. The number of hydrogen-bond acceptors (Lipinski definition) is 4. The van der Waals surface area contributed by atoms with Gasteiger partial charge in [-0.25, -0.2) is 4.79 Å². The molecule has 0 bridgehead atoms. The number of aromatic carboxylic acids is 1. The van der Waals surface area contributed by atoms with Crippen molar-refractivity contribution in [3.8, 4) is 0 Å². The van der Waals surface area contributed by atoms with Crippen LogP contribution in [0.25, 0.3) is 0 Å². The normalized spacial score (nSPS) is 14.6. The molecule has 0 aromatic heterocycles. The van der Waals surface area contributed by atoms with Crippen molar-refractivity contribution >= 4 is 17.3 Å². The lowest BCUT2D eigenvalue weighted by Crippen LogP contribution is -2.30. The van der Waals surface area contributed by atoms with Gasteiger partial charge in [0.2, 0.25) is 0 Å². The van der Waals surface area contributed by atoms with Crippen LogP contribution < -0.4 is 10.6 Å². The van der Waals surface area contributed by atoms with Crippen molar-refractivity contribution < 1.29 is 15.0 Å². The number of nitrogens with zero attached hydrogens (tertiary/aromatic N) is 1. The first-order valence-corrected chi connectivity index (χ1v) is 5.64. The number of rotatable bonds is 5. The van der Waals surface area contributed by atoms with Gasteiger partial charge in [-0.2, -0.15) is 0 Å². The molecule has 0 radical (unpaired) electrons. The van der Waals surface area contributed by atoms with Gasteiger partial charge in [0.1, 0.15) is 0 Å². The summed E-state index contributed by atoms with van der Waals surface area (Å²) in [5, 5.41) is 18.1. The second kappa shape index (κ2) is 4.63. The van der Waals surface area contributed by atoms with E-state index in [1.165, 1.54) is 6.07 Å². The number of carboxylic acid groups (broad SMARTS) is 1. The lowest BCUT2D eigenvalue weighted by molar-refractivity contribution is 0.0698. The van der Waals surface area contributed by atoms with Crippen molar-refractivity contribution in [2.45, 2.75) is 18.9 Å². The first kappa shape index (κ1) is 11.7. The Morgan fingerprint density at radius 2 is 2.18 bits per heavy atom. The highest BCUT2D eigenvalue weighted by molar-refractivity contribution is 5.97. The molecular formula is C12H16N2O3. The number of hydrogen-bond donors (Lipinski definition) is 3. The third-order valence-electron chi connectivity index (χ3n) is 2.95. The van der Waals surface area contributed by atoms with Crippen molar-refractivity contribution in [2.75, 3.05) is 23.8 Å². The summed E-state index contributed by atoms with van der Waals surface area (Å²) in [4.78, 5) is 13.0. The third kappa shape index (κ3) is 2.34. The average molecular weight is 236 g/mol. The lowest BCUT2D eigenvalue weighted by atomic mass is 10.1. The molecule has 0 heterocycles. The van der Waals surface area contributed by atoms with Gasteiger partial charge in [-0.1, -0.05) is 6.07 Å². The van der Waals surface area contributed by atoms with Gasteiger partial charge >= 0.3 is 5.97 Å². The van der Waals surface area contributed by atoms with Gasteiger partial charge in [0.05, 0.1) is 23.5 Å². The van der Waals surface area contributed by atoms with Crippen LogP contribution in [0.1, 0.15) is 23.2 Å². The lowest BCUT2D eigenvalue weighted by Gasteiger charge is -2.25. The van der Waals surface area contributed by atoms with Gasteiger partial charge in [0, 0.05) is 12.6 Å². The Morgan fingerprint density at radius 1 is 1.47 bits per heavy atom. The van der Waals surface area contributed by atoms with E-state index in [1.807, 2.05) is 4.90 Å². The number of para-hydroxylation sites is 1. The molecule has 5 nitrogen and oxygen atoms in total. The zero-order valence-electron chi connectivity index (χ0n) is 9.47. The van der Waals surface area contributed by atoms with Crippen molar-refractivity contribution in [3.05, 3.63) is 23.8 Å². The Hall–Kier alpha value is -1.75. The average Bonchev–Trinajstić information content (AvgIpc) is 3.10. The SMILES string of the molecule is Nc1c(C(=O)O)cccc1N(CCO)C1CC1. The molecule has 1 aliphatic carbocycles. The van der Waals surface area contributed by atoms with Gasteiger partial charge in [-0.3, -0.25) is 0 Å². The Labute approximate surface area is 99.5 Å². The highest BCUT2D eigenvalue weighted by atomic mass is 16.4. The topological polar surface area (TPSA) is 86.8 Å². The number of anilines is 2. The summed E-state index contributed by atoms with van der Waals surface area (Å²) in [5.41, 5.74) is 6.98. The van der Waals surface area contributed by atoms with Crippen LogP contribution in [0.15, 0.2) is 18.2 Å². The molecule has 0 amide bonds. The minimum Gasteiger partial charge on any atom is -0.478 e. The smallest absolute Gasteiger partial charge is 0.337 e. The van der Waals surface area contributed by atoms with E-state index in [4.69, 9.17) is 15.9 Å². The fourth-order valence-electron chi connectivity index (χ4n) is 1.98. The molecule has 0 aliphatic heterocycles. The summed E-state index contributed by atoms with van der Waals surface area (Å²) >= 11 is 0. The molecule has 0 spiro atoms. The predicted molar refractivity (Wildman–Crippen MR) is 65.3 cm³/mol. The van der Waals surface area contributed by atoms with Crippen molar-refractivity contribution in [3.63, 3.8) is 0 Å². The van der Waals surface area contributed by atoms with Crippen LogP contribution in [0.5, 0.6) is 0 Å². The van der Waals surface area contributed by atoms with Crippen LogP contribution in [-0.2, 0) is 0 Å². The highest BCUT2D eigenvalue weighted by Crippen LogP contribution is 2.35. The summed E-state index contributed by atoms with van der Waals surface area (Å²) in [7, 11) is 0. The van der Waals surface area contributed by atoms with Gasteiger partial charge < -0.3 is 20.8 Å². The minimum atomic E-state index is -1.02. The quantitative estimate of drug-likeness (QED) is 0.662. The van der Waals surface area contributed by atoms with Gasteiger partial charge in [0.25, 0.3) is 0 Å². The van der Waals surface area contributed by atoms with Crippen LogP contribution >= 0.6 is 0 Å². The monoisotopic (exact) mass is 236 g/mol. The summed E-state index contributed by atoms with van der Waals surface area (Å²) in [5.74, 6) is -1.02. The van der Waals surface area contributed by atoms with E-state index in [0.717, 1.165) is 12.8 Å². The maximum Gasteiger partial charge on any atom is 0.337 e. The Bertz CT molecular complexity index is 430. The van der Waals surface area contributed by atoms with Crippen molar-refractivity contribution in [1.82, 2.24) is 0 Å². The molecule has 2 rings (SSSR count). The van der Waals surface area contributed by atoms with Crippen LogP contribution in [0.3, 0.4) is 0 Å². The van der Waals surface area contributed by atoms with Crippen molar-refractivity contribution in [2.24, 2.45) is 0 Å². The number of aliphatic hydroxyl groups is 1. The fourth-order valence-corrected chi connectivity index (χ4v) is 1.98. The van der Waals surface area contributed by atoms with E-state index in [1.54, 1.807) is 12.1 Å². The Balaban J connectivity index is 2.35. The molecule has 1 aromatic carbocycles. The number of nitrogens with two attached hydrogens (primary N) is 1. The number of carbonyl (C=O) groups is 1. The predicted octanol–water partition coefficient (Wildman–Crippen LogP) is 0.928. The minimum absolute atomic E-state index is 0.0350. The Kier molecular flexibility index (Phi) is 3.19. The van der Waals surface area contributed by atoms with E-state index >= 15 is 0 Å². The molecule has 17 heavy (non-hydrogen) atoms. The molecule has 0 atom stereocenters. The summed E-state index contributed by atoms with van der Waals surface area (Å²) < 4.78 is 0. The maximum atomic E-state index is 11.0. The zero-order valence-corrected chi connectivity index (χ0v) is 9.47. The second-order valence-electron chi connectivity index (χ2n) is 4.19. The first-order valence-electron chi connectivity index (χ1n) is 5.64. The molecule has 5 heteroatoms. The number of carboxylic acids is 1. The molecule has 1 aliphatic rings. The zero-order chi connectivity index (χ0) is 12.4. The van der Waals surface area contributed by atoms with E-state index in [2.05, 4.69) is 0 Å². The van der Waals surface area contributed by atoms with Gasteiger partial charge in [0.15, 0.2) is 0 Å². The molecule has 1 saturated carbocycles. The molecule has 92 valence electrons. The number of nitrogen functional groups attached to an aromatic ring is 1. The summed E-state index contributed by atoms with van der Waals surface area (Å²) in [6, 6.07) is 5.36. The first-order chi connectivity index (χ1) is 8.15. The van der Waals surface area contributed by atoms with Crippen molar-refractivity contribution in [1.29, 1.82) is 0 Å². The van der Waals surface area contributed by atoms with Crippen LogP contribution in [0.4, 0.5) is 11.4 Å². The molecule has 4 N–H and O–H groups in total. The van der Waals surface area contributed by atoms with Gasteiger partial charge in [-0.15, -0.1) is 0 Å². The fraction of sp³-hybridized carbons (Fsp3) is 0.417. The maximum absolute atomic E-state index is 11.0. The van der Waals surface area contributed by atoms with E-state index in [-0.39, 0.29) is 17.9 Å². The molecular weight excluding hydrogens is 220 g/mol. The van der Waals surface area contributed by atoms with Gasteiger partial charge in [-0.05, 0) is 25.0 Å². The summed E-state index contributed by atoms with van der Waals surface area (Å²) in [6.45, 7) is 0.519. The Morgan fingerprint density at radius 3 is 2.71 bits per heavy atom.